The van der Waals surface area contributed by atoms with Gasteiger partial charge in [-0.2, -0.15) is 0 Å². The Kier molecular flexibility index (Phi) is 4.55. The summed E-state index contributed by atoms with van der Waals surface area (Å²) < 4.78 is 14.8. The summed E-state index contributed by atoms with van der Waals surface area (Å²) in [6.45, 7) is 0. The van der Waals surface area contributed by atoms with Crippen molar-refractivity contribution in [2.45, 2.75) is 0 Å². The van der Waals surface area contributed by atoms with Crippen LogP contribution >= 0.6 is 0 Å². The highest BCUT2D eigenvalue weighted by Gasteiger charge is 2.17. The van der Waals surface area contributed by atoms with Gasteiger partial charge >= 0.3 is 0 Å². The zero-order valence-electron chi connectivity index (χ0n) is 21.8. The summed E-state index contributed by atoms with van der Waals surface area (Å²) in [5, 5.41) is 4.20. The lowest BCUT2D eigenvalue weighted by atomic mass is 10.0. The molecule has 5 nitrogen and oxygen atoms in total. The number of furan rings is 2. The quantitative estimate of drug-likeness (QED) is 0.230. The fourth-order valence-electron chi connectivity index (χ4n) is 5.85. The predicted molar refractivity (Wildman–Crippen MR) is 164 cm³/mol. The van der Waals surface area contributed by atoms with E-state index in [0.717, 1.165) is 83.2 Å². The van der Waals surface area contributed by atoms with Gasteiger partial charge in [-0.05, 0) is 77.9 Å². The first-order valence-corrected chi connectivity index (χ1v) is 13.6. The van der Waals surface area contributed by atoms with E-state index in [2.05, 4.69) is 71.8 Å². The second kappa shape index (κ2) is 8.41. The molecule has 0 aliphatic heterocycles. The van der Waals surface area contributed by atoms with Gasteiger partial charge in [-0.25, -0.2) is 4.98 Å². The molecule has 0 aliphatic carbocycles. The Morgan fingerprint density at radius 1 is 0.512 bits per heavy atom. The van der Waals surface area contributed by atoms with E-state index in [1.54, 1.807) is 0 Å². The third-order valence-corrected chi connectivity index (χ3v) is 7.91. The molecule has 0 N–H and O–H groups in total. The van der Waals surface area contributed by atoms with E-state index in [1.807, 2.05) is 65.3 Å². The molecule has 0 spiro atoms. The number of hydrogen-bond donors (Lipinski definition) is 0. The molecule has 5 heterocycles. The highest BCUT2D eigenvalue weighted by molar-refractivity contribution is 6.19. The number of aromatic nitrogens is 3. The molecular weight excluding hydrogens is 506 g/mol. The summed E-state index contributed by atoms with van der Waals surface area (Å²) in [5.74, 6) is 0. The van der Waals surface area contributed by atoms with Crippen molar-refractivity contribution in [3.8, 4) is 33.6 Å². The van der Waals surface area contributed by atoms with E-state index < -0.39 is 0 Å². The second-order valence-corrected chi connectivity index (χ2v) is 10.3. The van der Waals surface area contributed by atoms with Gasteiger partial charge in [0, 0.05) is 51.3 Å². The van der Waals surface area contributed by atoms with Gasteiger partial charge in [0.15, 0.2) is 11.2 Å². The topological polar surface area (TPSA) is 56.5 Å². The largest absolute Gasteiger partial charge is 0.452 e. The number of fused-ring (bicyclic) bond motifs is 8. The fraction of sp³-hybridized carbons (Fsp3) is 0. The monoisotopic (exact) mass is 527 g/mol. The molecule has 9 rings (SSSR count). The molecule has 0 amide bonds. The minimum atomic E-state index is 0.769. The molecule has 5 aromatic heterocycles. The van der Waals surface area contributed by atoms with Crippen molar-refractivity contribution in [3.63, 3.8) is 0 Å². The Labute approximate surface area is 233 Å². The van der Waals surface area contributed by atoms with Crippen LogP contribution in [0.5, 0.6) is 0 Å². The third-order valence-electron chi connectivity index (χ3n) is 7.91. The summed E-state index contributed by atoms with van der Waals surface area (Å²) in [6, 6.07) is 37.4. The summed E-state index contributed by atoms with van der Waals surface area (Å²) in [6.07, 6.45) is 5.89. The molecular formula is C36H21N3O2. The van der Waals surface area contributed by atoms with Gasteiger partial charge in [0.25, 0.3) is 0 Å². The normalized spacial score (nSPS) is 11.9. The standard InChI is InChI=1S/C36H21N3O2/c1-3-17-37-30(5-1)25-12-16-33-29(20-25)27-14-13-26-28-19-24(11-15-32(28)40-35(26)36(27)41-33)22-7-9-23(10-8-22)31-21-39-18-4-2-6-34(39)38-31/h1-21H. The van der Waals surface area contributed by atoms with Crippen LogP contribution in [0.2, 0.25) is 0 Å². The zero-order chi connectivity index (χ0) is 26.9. The summed E-state index contributed by atoms with van der Waals surface area (Å²) in [4.78, 5) is 9.26. The van der Waals surface area contributed by atoms with E-state index in [-0.39, 0.29) is 0 Å². The molecule has 0 saturated carbocycles. The van der Waals surface area contributed by atoms with Crippen LogP contribution in [0.4, 0.5) is 0 Å². The van der Waals surface area contributed by atoms with Gasteiger partial charge < -0.3 is 13.2 Å². The van der Waals surface area contributed by atoms with Crippen molar-refractivity contribution in [2.75, 3.05) is 0 Å². The minimum absolute atomic E-state index is 0.769. The van der Waals surface area contributed by atoms with Crippen LogP contribution in [-0.2, 0) is 0 Å². The average molecular weight is 528 g/mol. The highest BCUT2D eigenvalue weighted by Crippen LogP contribution is 2.40. The lowest BCUT2D eigenvalue weighted by Crippen LogP contribution is -1.81. The molecule has 0 atom stereocenters. The van der Waals surface area contributed by atoms with Gasteiger partial charge in [-0.1, -0.05) is 42.5 Å². The maximum Gasteiger partial charge on any atom is 0.178 e. The molecule has 0 aliphatic rings. The molecule has 0 bridgehead atoms. The highest BCUT2D eigenvalue weighted by atomic mass is 16.4. The second-order valence-electron chi connectivity index (χ2n) is 10.3. The molecule has 0 saturated heterocycles. The van der Waals surface area contributed by atoms with Crippen LogP contribution in [0.3, 0.4) is 0 Å². The van der Waals surface area contributed by atoms with E-state index >= 15 is 0 Å². The van der Waals surface area contributed by atoms with E-state index in [4.69, 9.17) is 13.8 Å². The summed E-state index contributed by atoms with van der Waals surface area (Å²) >= 11 is 0. The van der Waals surface area contributed by atoms with Crippen LogP contribution in [0.15, 0.2) is 137 Å². The smallest absolute Gasteiger partial charge is 0.178 e. The number of rotatable bonds is 3. The van der Waals surface area contributed by atoms with Crippen molar-refractivity contribution in [3.05, 3.63) is 128 Å². The molecule has 41 heavy (non-hydrogen) atoms. The first-order chi connectivity index (χ1) is 20.3. The van der Waals surface area contributed by atoms with Crippen LogP contribution < -0.4 is 0 Å². The Bertz CT molecular complexity index is 2380. The molecule has 192 valence electrons. The Morgan fingerprint density at radius 3 is 1.88 bits per heavy atom. The summed E-state index contributed by atoms with van der Waals surface area (Å²) in [5.41, 5.74) is 10.5. The zero-order valence-corrected chi connectivity index (χ0v) is 21.8. The van der Waals surface area contributed by atoms with Gasteiger partial charge in [-0.15, -0.1) is 0 Å². The van der Waals surface area contributed by atoms with Crippen molar-refractivity contribution in [1.82, 2.24) is 14.4 Å². The summed E-state index contributed by atoms with van der Waals surface area (Å²) in [7, 11) is 0. The number of benzene rings is 4. The molecule has 9 aromatic rings. The van der Waals surface area contributed by atoms with Crippen molar-refractivity contribution < 1.29 is 8.83 Å². The number of imidazole rings is 1. The first kappa shape index (κ1) is 22.2. The van der Waals surface area contributed by atoms with Crippen LogP contribution in [0.1, 0.15) is 0 Å². The Morgan fingerprint density at radius 2 is 1.17 bits per heavy atom. The molecule has 4 aromatic carbocycles. The van der Waals surface area contributed by atoms with Crippen molar-refractivity contribution in [1.29, 1.82) is 0 Å². The number of nitrogens with zero attached hydrogens (tertiary/aromatic N) is 3. The van der Waals surface area contributed by atoms with Gasteiger partial charge in [0.05, 0.1) is 11.4 Å². The molecule has 0 unspecified atom stereocenters. The maximum atomic E-state index is 6.39. The van der Waals surface area contributed by atoms with Crippen LogP contribution in [0.25, 0.3) is 83.2 Å². The van der Waals surface area contributed by atoms with Crippen LogP contribution in [-0.4, -0.2) is 14.4 Å². The van der Waals surface area contributed by atoms with E-state index in [1.165, 1.54) is 0 Å². The van der Waals surface area contributed by atoms with E-state index in [9.17, 15) is 0 Å². The fourth-order valence-corrected chi connectivity index (χ4v) is 5.85. The lowest BCUT2D eigenvalue weighted by molar-refractivity contribution is 0.633. The van der Waals surface area contributed by atoms with Gasteiger partial charge in [0.1, 0.15) is 16.8 Å². The van der Waals surface area contributed by atoms with Gasteiger partial charge in [0.2, 0.25) is 0 Å². The van der Waals surface area contributed by atoms with Crippen LogP contribution in [0, 0.1) is 0 Å². The predicted octanol–water partition coefficient (Wildman–Crippen LogP) is 9.53. The first-order valence-electron chi connectivity index (χ1n) is 13.6. The number of hydrogen-bond acceptors (Lipinski definition) is 4. The molecule has 0 radical (unpaired) electrons. The lowest BCUT2D eigenvalue weighted by Gasteiger charge is -2.03. The Balaban J connectivity index is 1.13. The SMILES string of the molecule is c1ccc(-c2ccc3oc4c(ccc5c6cc(-c7ccc(-c8cn9ccccc9n8)cc7)ccc6oc54)c3c2)nc1. The maximum absolute atomic E-state index is 6.39. The van der Waals surface area contributed by atoms with E-state index in [0.29, 0.717) is 0 Å². The van der Waals surface area contributed by atoms with Crippen molar-refractivity contribution in [2.24, 2.45) is 0 Å². The number of pyridine rings is 2. The minimum Gasteiger partial charge on any atom is -0.452 e. The average Bonchev–Trinajstić information content (AvgIpc) is 3.74. The molecule has 0 fully saturated rings. The third kappa shape index (κ3) is 3.42. The van der Waals surface area contributed by atoms with Gasteiger partial charge in [-0.3, -0.25) is 4.98 Å². The molecule has 5 heteroatoms. The van der Waals surface area contributed by atoms with Crippen molar-refractivity contribution >= 4 is 49.5 Å². The Hall–Kier alpha value is -5.68.